The van der Waals surface area contributed by atoms with Gasteiger partial charge in [0.1, 0.15) is 5.69 Å². The van der Waals surface area contributed by atoms with E-state index in [1.54, 1.807) is 27.0 Å². The minimum Gasteiger partial charge on any atom is -0.382 e. The van der Waals surface area contributed by atoms with Crippen molar-refractivity contribution in [1.82, 2.24) is 0 Å². The molecule has 1 N–H and O–H groups in total. The number of aryl methyl sites for hydroxylation is 1. The number of nitro benzene ring substituents is 1. The van der Waals surface area contributed by atoms with E-state index in [1.807, 2.05) is 30.3 Å². The summed E-state index contributed by atoms with van der Waals surface area (Å²) in [5.74, 6) is -0.498. The summed E-state index contributed by atoms with van der Waals surface area (Å²) in [4.78, 5) is 38.3. The monoisotopic (exact) mass is 455 g/mol. The molecule has 1 aliphatic rings. The van der Waals surface area contributed by atoms with Crippen molar-refractivity contribution in [3.8, 4) is 0 Å². The van der Waals surface area contributed by atoms with Crippen LogP contribution in [-0.4, -0.2) is 50.2 Å². The molecule has 176 valence electrons. The van der Waals surface area contributed by atoms with Crippen molar-refractivity contribution in [2.75, 3.05) is 43.7 Å². The van der Waals surface area contributed by atoms with Gasteiger partial charge in [-0.1, -0.05) is 30.3 Å². The number of ether oxygens (including phenoxy) is 2. The molecule has 9 heteroatoms. The molecule has 0 aliphatic carbocycles. The van der Waals surface area contributed by atoms with Crippen LogP contribution in [0.3, 0.4) is 0 Å². The highest BCUT2D eigenvalue weighted by atomic mass is 16.6. The van der Waals surface area contributed by atoms with Gasteiger partial charge < -0.3 is 19.7 Å². The average Bonchev–Trinajstić information content (AvgIpc) is 2.97. The molecule has 2 aromatic carbocycles. The van der Waals surface area contributed by atoms with Gasteiger partial charge in [0.25, 0.3) is 5.69 Å². The number of amides is 2. The maximum Gasteiger partial charge on any atom is 0.294 e. The largest absolute Gasteiger partial charge is 0.382 e. The number of rotatable bonds is 11. The van der Waals surface area contributed by atoms with Gasteiger partial charge in [0.2, 0.25) is 11.8 Å². The lowest BCUT2D eigenvalue weighted by Crippen LogP contribution is -2.38. The van der Waals surface area contributed by atoms with Crippen LogP contribution in [0.2, 0.25) is 0 Å². The topological polar surface area (TPSA) is 111 Å². The van der Waals surface area contributed by atoms with Gasteiger partial charge in [0.05, 0.1) is 35.8 Å². The summed E-state index contributed by atoms with van der Waals surface area (Å²) in [6, 6.07) is 12.5. The molecule has 1 aliphatic heterocycles. The van der Waals surface area contributed by atoms with E-state index >= 15 is 0 Å². The van der Waals surface area contributed by atoms with Crippen LogP contribution in [-0.2, 0) is 30.9 Å². The number of carbonyl (C=O) groups is 2. The van der Waals surface area contributed by atoms with Crippen molar-refractivity contribution in [2.24, 2.45) is 0 Å². The summed E-state index contributed by atoms with van der Waals surface area (Å²) < 4.78 is 10.4. The SMILES string of the molecule is COCCOCCN1C(=O)C(C)(C)c2cc(NC(=O)CCc3ccccc3)c([N+](=O)[O-])cc21. The first-order chi connectivity index (χ1) is 15.8. The van der Waals surface area contributed by atoms with Gasteiger partial charge in [-0.2, -0.15) is 0 Å². The zero-order valence-electron chi connectivity index (χ0n) is 19.1. The molecule has 33 heavy (non-hydrogen) atoms. The van der Waals surface area contributed by atoms with Crippen LogP contribution in [0.4, 0.5) is 17.1 Å². The Morgan fingerprint density at radius 1 is 1.15 bits per heavy atom. The molecule has 3 rings (SSSR count). The van der Waals surface area contributed by atoms with Crippen molar-refractivity contribution in [1.29, 1.82) is 0 Å². The van der Waals surface area contributed by atoms with Crippen LogP contribution in [0.15, 0.2) is 42.5 Å². The van der Waals surface area contributed by atoms with E-state index in [0.29, 0.717) is 30.9 Å². The van der Waals surface area contributed by atoms with Crippen LogP contribution < -0.4 is 10.2 Å². The molecule has 0 bridgehead atoms. The standard InChI is InChI=1S/C24H29N3O6/c1-24(2)18-15-19(25-22(28)10-9-17-7-5-4-6-8-17)21(27(30)31)16-20(18)26(23(24)29)11-12-33-14-13-32-3/h4-8,15-16H,9-14H2,1-3H3,(H,25,28). The third-order valence-corrected chi connectivity index (χ3v) is 5.70. The van der Waals surface area contributed by atoms with Crippen molar-refractivity contribution < 1.29 is 24.0 Å². The highest BCUT2D eigenvalue weighted by Gasteiger charge is 2.45. The first-order valence-corrected chi connectivity index (χ1v) is 10.8. The Balaban J connectivity index is 1.81. The van der Waals surface area contributed by atoms with E-state index in [1.165, 1.54) is 11.0 Å². The van der Waals surface area contributed by atoms with E-state index in [0.717, 1.165) is 5.56 Å². The van der Waals surface area contributed by atoms with Crippen LogP contribution in [0.5, 0.6) is 0 Å². The van der Waals surface area contributed by atoms with Crippen molar-refractivity contribution >= 4 is 28.9 Å². The zero-order chi connectivity index (χ0) is 24.0. The molecule has 0 radical (unpaired) electrons. The second kappa shape index (κ2) is 10.5. The molecular formula is C24H29N3O6. The first kappa shape index (κ1) is 24.3. The van der Waals surface area contributed by atoms with Gasteiger partial charge >= 0.3 is 0 Å². The van der Waals surface area contributed by atoms with E-state index in [4.69, 9.17) is 9.47 Å². The molecule has 0 spiro atoms. The minimum atomic E-state index is -0.888. The second-order valence-corrected chi connectivity index (χ2v) is 8.36. The Labute approximate surface area is 192 Å². The zero-order valence-corrected chi connectivity index (χ0v) is 19.1. The number of fused-ring (bicyclic) bond motifs is 1. The summed E-state index contributed by atoms with van der Waals surface area (Å²) in [5.41, 5.74) is 1.06. The third kappa shape index (κ3) is 5.55. The van der Waals surface area contributed by atoms with Crippen molar-refractivity contribution in [2.45, 2.75) is 32.1 Å². The Kier molecular flexibility index (Phi) is 7.78. The van der Waals surface area contributed by atoms with E-state index in [9.17, 15) is 19.7 Å². The second-order valence-electron chi connectivity index (χ2n) is 8.36. The Morgan fingerprint density at radius 3 is 2.55 bits per heavy atom. The molecule has 0 unspecified atom stereocenters. The lowest BCUT2D eigenvalue weighted by molar-refractivity contribution is -0.383. The number of nitro groups is 1. The molecule has 0 aromatic heterocycles. The molecule has 0 saturated heterocycles. The number of hydrogen-bond donors (Lipinski definition) is 1. The van der Waals surface area contributed by atoms with Gasteiger partial charge in [-0.3, -0.25) is 19.7 Å². The van der Waals surface area contributed by atoms with E-state index < -0.39 is 10.3 Å². The van der Waals surface area contributed by atoms with Crippen molar-refractivity contribution in [3.05, 3.63) is 63.7 Å². The number of nitrogens with zero attached hydrogens (tertiary/aromatic N) is 2. The molecule has 0 atom stereocenters. The first-order valence-electron chi connectivity index (χ1n) is 10.8. The predicted octanol–water partition coefficient (Wildman–Crippen LogP) is 3.45. The number of hydrogen-bond acceptors (Lipinski definition) is 6. The summed E-state index contributed by atoms with van der Waals surface area (Å²) in [6.45, 7) is 4.91. The third-order valence-electron chi connectivity index (χ3n) is 5.70. The van der Waals surface area contributed by atoms with Crippen molar-refractivity contribution in [3.63, 3.8) is 0 Å². The highest BCUT2D eigenvalue weighted by molar-refractivity contribution is 6.09. The normalized spacial score (nSPS) is 14.3. The molecular weight excluding hydrogens is 426 g/mol. The van der Waals surface area contributed by atoms with E-state index in [-0.39, 0.29) is 42.8 Å². The van der Waals surface area contributed by atoms with Crippen LogP contribution in [0, 0.1) is 10.1 Å². The number of anilines is 2. The van der Waals surface area contributed by atoms with Crippen LogP contribution in [0.25, 0.3) is 0 Å². The molecule has 1 heterocycles. The fourth-order valence-corrected chi connectivity index (χ4v) is 3.85. The van der Waals surface area contributed by atoms with Gasteiger partial charge in [-0.25, -0.2) is 0 Å². The van der Waals surface area contributed by atoms with Gasteiger partial charge in [-0.05, 0) is 37.5 Å². The minimum absolute atomic E-state index is 0.0934. The molecule has 0 fully saturated rings. The summed E-state index contributed by atoms with van der Waals surface area (Å²) in [6.07, 6.45) is 0.706. The van der Waals surface area contributed by atoms with Crippen LogP contribution in [0.1, 0.15) is 31.4 Å². The highest BCUT2D eigenvalue weighted by Crippen LogP contribution is 2.45. The molecule has 9 nitrogen and oxygen atoms in total. The average molecular weight is 456 g/mol. The molecule has 2 aromatic rings. The Hall–Kier alpha value is -3.30. The predicted molar refractivity (Wildman–Crippen MR) is 125 cm³/mol. The number of methoxy groups -OCH3 is 1. The molecule has 0 saturated carbocycles. The molecule has 2 amide bonds. The lowest BCUT2D eigenvalue weighted by Gasteiger charge is -2.20. The summed E-state index contributed by atoms with van der Waals surface area (Å²) in [5, 5.41) is 14.5. The number of nitrogens with one attached hydrogen (secondary N) is 1. The van der Waals surface area contributed by atoms with Crippen LogP contribution >= 0.6 is 0 Å². The fourth-order valence-electron chi connectivity index (χ4n) is 3.85. The Bertz CT molecular complexity index is 1020. The van der Waals surface area contributed by atoms with Gasteiger partial charge in [0, 0.05) is 26.1 Å². The Morgan fingerprint density at radius 2 is 1.88 bits per heavy atom. The maximum atomic E-state index is 13.1. The smallest absolute Gasteiger partial charge is 0.294 e. The number of carbonyl (C=O) groups excluding carboxylic acids is 2. The lowest BCUT2D eigenvalue weighted by atomic mass is 9.85. The number of benzene rings is 2. The van der Waals surface area contributed by atoms with Gasteiger partial charge in [-0.15, -0.1) is 0 Å². The quantitative estimate of drug-likeness (QED) is 0.316. The fraction of sp³-hybridized carbons (Fsp3) is 0.417. The summed E-state index contributed by atoms with van der Waals surface area (Å²) in [7, 11) is 1.57. The van der Waals surface area contributed by atoms with Gasteiger partial charge in [0.15, 0.2) is 0 Å². The van der Waals surface area contributed by atoms with E-state index in [2.05, 4.69) is 5.32 Å². The maximum absolute atomic E-state index is 13.1. The summed E-state index contributed by atoms with van der Waals surface area (Å²) >= 11 is 0.